The summed E-state index contributed by atoms with van der Waals surface area (Å²) in [5, 5.41) is 12.0. The van der Waals surface area contributed by atoms with E-state index >= 15 is 0 Å². The molecule has 1 aliphatic rings. The van der Waals surface area contributed by atoms with Gasteiger partial charge in [-0.3, -0.25) is 0 Å². The van der Waals surface area contributed by atoms with Crippen molar-refractivity contribution in [2.24, 2.45) is 0 Å². The number of benzene rings is 1. The van der Waals surface area contributed by atoms with Crippen LogP contribution < -0.4 is 15.4 Å². The lowest BCUT2D eigenvalue weighted by molar-refractivity contribution is 0.174. The topological polar surface area (TPSA) is 115 Å². The number of aryl methyl sites for hydroxylation is 1. The van der Waals surface area contributed by atoms with E-state index in [-0.39, 0.29) is 5.82 Å². The monoisotopic (exact) mass is 389 g/mol. The first-order valence-corrected chi connectivity index (χ1v) is 9.20. The molecule has 0 saturated heterocycles. The first-order valence-electron chi connectivity index (χ1n) is 9.20. The molecule has 0 spiro atoms. The Kier molecular flexibility index (Phi) is 4.02. The number of rotatable bonds is 2. The quantitative estimate of drug-likeness (QED) is 0.535. The van der Waals surface area contributed by atoms with Gasteiger partial charge in [-0.1, -0.05) is 0 Å². The fraction of sp³-hybridized carbons (Fsp3) is 0.200. The number of aliphatic hydroxyl groups is 1. The molecular formula is C20H19N7O2. The van der Waals surface area contributed by atoms with Crippen LogP contribution in [0, 0.1) is 6.92 Å². The Bertz CT molecular complexity index is 1190. The lowest BCUT2D eigenvalue weighted by atomic mass is 10.1. The number of ether oxygens (including phenoxy) is 1. The maximum absolute atomic E-state index is 11.0. The van der Waals surface area contributed by atoms with Crippen LogP contribution in [0.3, 0.4) is 0 Å². The van der Waals surface area contributed by atoms with Crippen molar-refractivity contribution < 1.29 is 9.84 Å². The second-order valence-corrected chi connectivity index (χ2v) is 6.81. The van der Waals surface area contributed by atoms with E-state index in [9.17, 15) is 5.11 Å². The van der Waals surface area contributed by atoms with Crippen molar-refractivity contribution in [3.8, 4) is 11.6 Å². The summed E-state index contributed by atoms with van der Waals surface area (Å²) < 4.78 is 7.69. The van der Waals surface area contributed by atoms with Gasteiger partial charge in [0.2, 0.25) is 5.88 Å². The van der Waals surface area contributed by atoms with Crippen molar-refractivity contribution >= 4 is 22.4 Å². The van der Waals surface area contributed by atoms with Gasteiger partial charge in [-0.05, 0) is 31.2 Å². The zero-order valence-electron chi connectivity index (χ0n) is 15.7. The molecule has 1 unspecified atom stereocenters. The normalized spacial score (nSPS) is 16.3. The van der Waals surface area contributed by atoms with Gasteiger partial charge in [0.25, 0.3) is 0 Å². The Morgan fingerprint density at radius 1 is 1.10 bits per heavy atom. The third-order valence-corrected chi connectivity index (χ3v) is 5.05. The van der Waals surface area contributed by atoms with Gasteiger partial charge in [0.05, 0.1) is 30.1 Å². The second-order valence-electron chi connectivity index (χ2n) is 6.81. The van der Waals surface area contributed by atoms with Crippen molar-refractivity contribution in [2.45, 2.75) is 13.2 Å². The fourth-order valence-corrected chi connectivity index (χ4v) is 3.58. The van der Waals surface area contributed by atoms with E-state index in [0.29, 0.717) is 24.6 Å². The predicted octanol–water partition coefficient (Wildman–Crippen LogP) is 1.99. The summed E-state index contributed by atoms with van der Waals surface area (Å²) in [6.45, 7) is 2.71. The lowest BCUT2D eigenvalue weighted by Gasteiger charge is -2.28. The number of nitrogens with two attached hydrogens (primary N) is 1. The summed E-state index contributed by atoms with van der Waals surface area (Å²) in [4.78, 5) is 18.5. The lowest BCUT2D eigenvalue weighted by Crippen LogP contribution is -2.30. The Balaban J connectivity index is 1.54. The van der Waals surface area contributed by atoms with Crippen LogP contribution in [0.5, 0.6) is 5.88 Å². The van der Waals surface area contributed by atoms with E-state index in [1.807, 2.05) is 46.9 Å². The summed E-state index contributed by atoms with van der Waals surface area (Å²) in [7, 11) is 0. The minimum Gasteiger partial charge on any atom is -0.475 e. The Hall–Kier alpha value is -3.72. The predicted molar refractivity (Wildman–Crippen MR) is 108 cm³/mol. The number of nitrogens with zero attached hydrogens (tertiary/aromatic N) is 6. The van der Waals surface area contributed by atoms with Crippen molar-refractivity contribution in [1.82, 2.24) is 24.5 Å². The van der Waals surface area contributed by atoms with E-state index in [2.05, 4.69) is 19.9 Å². The third-order valence-electron chi connectivity index (χ3n) is 5.05. The van der Waals surface area contributed by atoms with Crippen molar-refractivity contribution in [2.75, 3.05) is 23.8 Å². The Morgan fingerprint density at radius 2 is 1.93 bits per heavy atom. The van der Waals surface area contributed by atoms with Crippen LogP contribution in [0.4, 0.5) is 11.5 Å². The Morgan fingerprint density at radius 3 is 2.76 bits per heavy atom. The molecule has 0 aliphatic carbocycles. The van der Waals surface area contributed by atoms with Crippen LogP contribution in [0.2, 0.25) is 0 Å². The van der Waals surface area contributed by atoms with Gasteiger partial charge in [0, 0.05) is 17.3 Å². The number of aromatic nitrogens is 5. The highest BCUT2D eigenvalue weighted by atomic mass is 16.5. The molecule has 0 radical (unpaired) electrons. The van der Waals surface area contributed by atoms with E-state index in [4.69, 9.17) is 10.5 Å². The number of nitrogen functional groups attached to an aromatic ring is 1. The molecule has 1 aromatic carbocycles. The molecule has 4 aromatic rings. The number of hydrogen-bond donors (Lipinski definition) is 2. The van der Waals surface area contributed by atoms with Gasteiger partial charge in [0.15, 0.2) is 6.23 Å². The molecule has 0 fully saturated rings. The molecule has 4 heterocycles. The van der Waals surface area contributed by atoms with Gasteiger partial charge in [0.1, 0.15) is 30.1 Å². The van der Waals surface area contributed by atoms with Gasteiger partial charge in [-0.25, -0.2) is 19.9 Å². The molecule has 0 saturated carbocycles. The summed E-state index contributed by atoms with van der Waals surface area (Å²) in [5.41, 5.74) is 9.12. The van der Waals surface area contributed by atoms with Crippen LogP contribution in [0.1, 0.15) is 17.6 Å². The molecule has 3 aromatic heterocycles. The first-order chi connectivity index (χ1) is 14.1. The molecule has 9 nitrogen and oxygen atoms in total. The SMILES string of the molecule is Cc1ncc(-n2ccc3cc(N4CCOc5ncnc(N)c5C4O)ccc32)cn1. The average Bonchev–Trinajstić information content (AvgIpc) is 3.06. The highest BCUT2D eigenvalue weighted by Crippen LogP contribution is 2.36. The van der Waals surface area contributed by atoms with Crippen molar-refractivity contribution in [3.05, 3.63) is 60.6 Å². The summed E-state index contributed by atoms with van der Waals surface area (Å²) >= 11 is 0. The number of fused-ring (bicyclic) bond motifs is 2. The van der Waals surface area contributed by atoms with E-state index < -0.39 is 6.23 Å². The molecule has 146 valence electrons. The molecule has 0 bridgehead atoms. The largest absolute Gasteiger partial charge is 0.475 e. The van der Waals surface area contributed by atoms with Gasteiger partial charge >= 0.3 is 0 Å². The molecule has 1 atom stereocenters. The zero-order chi connectivity index (χ0) is 20.0. The van der Waals surface area contributed by atoms with Crippen LogP contribution in [0.15, 0.2) is 49.2 Å². The van der Waals surface area contributed by atoms with Crippen molar-refractivity contribution in [1.29, 1.82) is 0 Å². The van der Waals surface area contributed by atoms with E-state index in [1.54, 1.807) is 12.4 Å². The maximum Gasteiger partial charge on any atom is 0.226 e. The number of hydrogen-bond acceptors (Lipinski definition) is 8. The molecular weight excluding hydrogens is 370 g/mol. The smallest absolute Gasteiger partial charge is 0.226 e. The van der Waals surface area contributed by atoms with Gasteiger partial charge in [-0.15, -0.1) is 0 Å². The number of anilines is 2. The molecule has 29 heavy (non-hydrogen) atoms. The van der Waals surface area contributed by atoms with Crippen LogP contribution >= 0.6 is 0 Å². The molecule has 3 N–H and O–H groups in total. The van der Waals surface area contributed by atoms with Gasteiger partial charge < -0.3 is 25.0 Å². The first kappa shape index (κ1) is 17.4. The standard InChI is InChI=1S/C20H19N7O2/c1-12-22-9-15(10-23-12)26-5-4-13-8-14(2-3-16(13)26)27-6-7-29-19-17(20(27)28)18(21)24-11-25-19/h2-5,8-11,20,28H,6-7H2,1H3,(H2,21,24,25). The third kappa shape index (κ3) is 2.92. The molecule has 1 aliphatic heterocycles. The van der Waals surface area contributed by atoms with Crippen LogP contribution in [-0.2, 0) is 0 Å². The average molecular weight is 389 g/mol. The number of aliphatic hydroxyl groups excluding tert-OH is 1. The maximum atomic E-state index is 11.0. The van der Waals surface area contributed by atoms with Gasteiger partial charge in [-0.2, -0.15) is 0 Å². The fourth-order valence-electron chi connectivity index (χ4n) is 3.58. The molecule has 0 amide bonds. The van der Waals surface area contributed by atoms with E-state index in [1.165, 1.54) is 6.33 Å². The highest BCUT2D eigenvalue weighted by molar-refractivity contribution is 5.85. The second kappa shape index (κ2) is 6.71. The van der Waals surface area contributed by atoms with E-state index in [0.717, 1.165) is 28.1 Å². The van der Waals surface area contributed by atoms with Crippen molar-refractivity contribution in [3.63, 3.8) is 0 Å². The minimum atomic E-state index is -1.00. The zero-order valence-corrected chi connectivity index (χ0v) is 15.7. The summed E-state index contributed by atoms with van der Waals surface area (Å²) in [6, 6.07) is 8.01. The summed E-state index contributed by atoms with van der Waals surface area (Å²) in [5.74, 6) is 1.26. The van der Waals surface area contributed by atoms with Crippen LogP contribution in [-0.4, -0.2) is 42.8 Å². The summed E-state index contributed by atoms with van der Waals surface area (Å²) in [6.07, 6.45) is 5.90. The molecule has 5 rings (SSSR count). The minimum absolute atomic E-state index is 0.209. The molecule has 9 heteroatoms. The Labute approximate surface area is 166 Å². The highest BCUT2D eigenvalue weighted by Gasteiger charge is 2.29. The van der Waals surface area contributed by atoms with Crippen LogP contribution in [0.25, 0.3) is 16.6 Å².